The summed E-state index contributed by atoms with van der Waals surface area (Å²) in [5.41, 5.74) is 6.15. The number of nitrogens with zero attached hydrogens (tertiary/aromatic N) is 1. The van der Waals surface area contributed by atoms with Crippen molar-refractivity contribution in [3.63, 3.8) is 0 Å². The number of carbonyl (C=O) groups is 2. The molecule has 2 aromatic carbocycles. The van der Waals surface area contributed by atoms with Gasteiger partial charge in [0, 0.05) is 5.69 Å². The molecule has 0 radical (unpaired) electrons. The molecule has 0 saturated carbocycles. The van der Waals surface area contributed by atoms with Gasteiger partial charge in [0.25, 0.3) is 15.6 Å². The predicted molar refractivity (Wildman–Crippen MR) is 117 cm³/mol. The first-order valence-electron chi connectivity index (χ1n) is 8.58. The highest BCUT2D eigenvalue weighted by molar-refractivity contribution is 6.76. The number of para-hydroxylation sites is 1. The highest BCUT2D eigenvalue weighted by atomic mass is 35.6. The van der Waals surface area contributed by atoms with E-state index in [-0.39, 0.29) is 12.5 Å². The van der Waals surface area contributed by atoms with E-state index in [0.717, 1.165) is 16.7 Å². The van der Waals surface area contributed by atoms with E-state index in [1.807, 2.05) is 32.0 Å². The number of anilines is 1. The lowest BCUT2D eigenvalue weighted by atomic mass is 10.1. The number of alkyl halides is 3. The number of benzene rings is 2. The van der Waals surface area contributed by atoms with Crippen LogP contribution in [-0.2, 0) is 9.59 Å². The first-order valence-corrected chi connectivity index (χ1v) is 9.72. The van der Waals surface area contributed by atoms with Crippen LogP contribution in [0.5, 0.6) is 5.75 Å². The predicted octanol–water partition coefficient (Wildman–Crippen LogP) is 4.53. The van der Waals surface area contributed by atoms with Gasteiger partial charge in [-0.2, -0.15) is 5.10 Å². The molecule has 2 N–H and O–H groups in total. The average molecular weight is 457 g/mol. The molecule has 9 heteroatoms. The topological polar surface area (TPSA) is 79.8 Å². The fourth-order valence-corrected chi connectivity index (χ4v) is 2.55. The van der Waals surface area contributed by atoms with Gasteiger partial charge in [0.05, 0.1) is 5.71 Å². The number of amides is 2. The Bertz CT molecular complexity index is 903. The Hall–Kier alpha value is -2.28. The number of hydrogen-bond acceptors (Lipinski definition) is 4. The van der Waals surface area contributed by atoms with Crippen molar-refractivity contribution in [3.05, 3.63) is 59.2 Å². The van der Waals surface area contributed by atoms with Crippen molar-refractivity contribution in [3.8, 4) is 5.75 Å². The minimum absolute atomic E-state index is 0.148. The van der Waals surface area contributed by atoms with E-state index in [1.54, 1.807) is 31.2 Å². The Balaban J connectivity index is 1.92. The molecular formula is C20H20Cl3N3O3. The summed E-state index contributed by atoms with van der Waals surface area (Å²) in [6.07, 6.45) is 0. The van der Waals surface area contributed by atoms with Crippen molar-refractivity contribution < 1.29 is 14.3 Å². The van der Waals surface area contributed by atoms with Gasteiger partial charge in [-0.15, -0.1) is 0 Å². The molecule has 0 fully saturated rings. The van der Waals surface area contributed by atoms with E-state index in [2.05, 4.69) is 15.8 Å². The summed E-state index contributed by atoms with van der Waals surface area (Å²) >= 11 is 16.6. The lowest BCUT2D eigenvalue weighted by molar-refractivity contribution is -0.123. The standard InChI is InChI=1S/C20H20Cl3N3O3/c1-12-5-4-6-13(2)18(12)29-11-17(27)26-25-14(3)15-7-9-16(10-8-15)24-19(28)20(21,22)23/h4-10H,11H2,1-3H3,(H,24,28)(H,26,27)/b25-14+. The van der Waals surface area contributed by atoms with E-state index < -0.39 is 9.70 Å². The number of hydrogen-bond donors (Lipinski definition) is 2. The van der Waals surface area contributed by atoms with Crippen LogP contribution in [0.4, 0.5) is 5.69 Å². The summed E-state index contributed by atoms with van der Waals surface area (Å²) in [7, 11) is 0. The molecule has 0 bridgehead atoms. The van der Waals surface area contributed by atoms with Crippen LogP contribution >= 0.6 is 34.8 Å². The third-order valence-corrected chi connectivity index (χ3v) is 4.44. The Morgan fingerprint density at radius 1 is 1.03 bits per heavy atom. The van der Waals surface area contributed by atoms with Gasteiger partial charge < -0.3 is 10.1 Å². The maximum atomic E-state index is 12.0. The molecule has 0 unspecified atom stereocenters. The number of hydrazone groups is 1. The second-order valence-electron chi connectivity index (χ2n) is 6.27. The molecule has 2 rings (SSSR count). The number of halogens is 3. The molecule has 29 heavy (non-hydrogen) atoms. The van der Waals surface area contributed by atoms with Gasteiger partial charge in [-0.25, -0.2) is 5.43 Å². The van der Waals surface area contributed by atoms with Crippen LogP contribution in [0.2, 0.25) is 0 Å². The second-order valence-corrected chi connectivity index (χ2v) is 8.55. The van der Waals surface area contributed by atoms with Gasteiger partial charge in [-0.1, -0.05) is 65.1 Å². The van der Waals surface area contributed by atoms with Crippen LogP contribution in [0.25, 0.3) is 0 Å². The Morgan fingerprint density at radius 3 is 2.17 bits per heavy atom. The first kappa shape index (κ1) is 23.0. The van der Waals surface area contributed by atoms with Crippen LogP contribution in [-0.4, -0.2) is 27.9 Å². The number of carbonyl (C=O) groups excluding carboxylic acids is 2. The Labute approximate surface area is 184 Å². The van der Waals surface area contributed by atoms with E-state index >= 15 is 0 Å². The summed E-state index contributed by atoms with van der Waals surface area (Å²) in [6, 6.07) is 12.5. The van der Waals surface area contributed by atoms with Crippen LogP contribution in [0.15, 0.2) is 47.6 Å². The molecule has 0 aromatic heterocycles. The van der Waals surface area contributed by atoms with Crippen molar-refractivity contribution in [2.45, 2.75) is 24.6 Å². The zero-order valence-electron chi connectivity index (χ0n) is 16.1. The number of nitrogens with one attached hydrogen (secondary N) is 2. The van der Waals surface area contributed by atoms with Crippen molar-refractivity contribution in [2.24, 2.45) is 5.10 Å². The molecule has 0 aliphatic rings. The lowest BCUT2D eigenvalue weighted by Crippen LogP contribution is -2.27. The number of rotatable bonds is 6. The number of aryl methyl sites for hydroxylation is 2. The quantitative estimate of drug-likeness (QED) is 0.381. The van der Waals surface area contributed by atoms with Gasteiger partial charge in [0.2, 0.25) is 0 Å². The summed E-state index contributed by atoms with van der Waals surface area (Å²) in [6.45, 7) is 5.43. The Morgan fingerprint density at radius 2 is 1.62 bits per heavy atom. The first-order chi connectivity index (χ1) is 13.6. The zero-order chi connectivity index (χ0) is 21.6. The summed E-state index contributed by atoms with van der Waals surface area (Å²) in [5.74, 6) is -0.439. The SMILES string of the molecule is C/C(=N\NC(=O)COc1c(C)cccc1C)c1ccc(NC(=O)C(Cl)(Cl)Cl)cc1. The van der Waals surface area contributed by atoms with Crippen LogP contribution in [0.3, 0.4) is 0 Å². The van der Waals surface area contributed by atoms with Crippen molar-refractivity contribution in [2.75, 3.05) is 11.9 Å². The molecule has 6 nitrogen and oxygen atoms in total. The van der Waals surface area contributed by atoms with E-state index in [4.69, 9.17) is 39.5 Å². The van der Waals surface area contributed by atoms with E-state index in [0.29, 0.717) is 17.1 Å². The highest BCUT2D eigenvalue weighted by Crippen LogP contribution is 2.27. The molecular weight excluding hydrogens is 437 g/mol. The summed E-state index contributed by atoms with van der Waals surface area (Å²) < 4.78 is 3.55. The van der Waals surface area contributed by atoms with Crippen molar-refractivity contribution in [1.82, 2.24) is 5.43 Å². The van der Waals surface area contributed by atoms with E-state index in [1.165, 1.54) is 0 Å². The second kappa shape index (κ2) is 9.96. The molecule has 0 aliphatic heterocycles. The Kier molecular flexibility index (Phi) is 7.90. The largest absolute Gasteiger partial charge is 0.483 e. The molecule has 0 aliphatic carbocycles. The van der Waals surface area contributed by atoms with Gasteiger partial charge in [0.15, 0.2) is 6.61 Å². The third kappa shape index (κ3) is 6.92. The van der Waals surface area contributed by atoms with Crippen LogP contribution < -0.4 is 15.5 Å². The molecule has 0 spiro atoms. The fraction of sp³-hybridized carbons (Fsp3) is 0.250. The third-order valence-electron chi connectivity index (χ3n) is 3.92. The molecule has 2 aromatic rings. The van der Waals surface area contributed by atoms with Crippen LogP contribution in [0.1, 0.15) is 23.6 Å². The van der Waals surface area contributed by atoms with Crippen LogP contribution in [0, 0.1) is 13.8 Å². The summed E-state index contributed by atoms with van der Waals surface area (Å²) in [5, 5.41) is 6.55. The van der Waals surface area contributed by atoms with Gasteiger partial charge in [-0.05, 0) is 49.6 Å². The lowest BCUT2D eigenvalue weighted by Gasteiger charge is -2.12. The van der Waals surface area contributed by atoms with Gasteiger partial charge >= 0.3 is 0 Å². The highest BCUT2D eigenvalue weighted by Gasteiger charge is 2.30. The van der Waals surface area contributed by atoms with Crippen molar-refractivity contribution in [1.29, 1.82) is 0 Å². The molecule has 0 heterocycles. The zero-order valence-corrected chi connectivity index (χ0v) is 18.3. The molecule has 154 valence electrons. The number of ether oxygens (including phenoxy) is 1. The monoisotopic (exact) mass is 455 g/mol. The normalized spacial score (nSPS) is 11.7. The molecule has 2 amide bonds. The maximum absolute atomic E-state index is 12.0. The average Bonchev–Trinajstić information content (AvgIpc) is 2.65. The summed E-state index contributed by atoms with van der Waals surface area (Å²) in [4.78, 5) is 23.7. The van der Waals surface area contributed by atoms with Gasteiger partial charge in [0.1, 0.15) is 5.75 Å². The maximum Gasteiger partial charge on any atom is 0.277 e. The smallest absolute Gasteiger partial charge is 0.277 e. The minimum Gasteiger partial charge on any atom is -0.483 e. The molecule has 0 atom stereocenters. The fourth-order valence-electron chi connectivity index (χ4n) is 2.40. The van der Waals surface area contributed by atoms with Gasteiger partial charge in [-0.3, -0.25) is 9.59 Å². The van der Waals surface area contributed by atoms with E-state index in [9.17, 15) is 9.59 Å². The minimum atomic E-state index is -2.04. The van der Waals surface area contributed by atoms with Crippen molar-refractivity contribution >= 4 is 58.0 Å². The molecule has 0 saturated heterocycles.